The first-order valence-electron chi connectivity index (χ1n) is 10.2. The minimum Gasteiger partial charge on any atom is -0.490 e. The number of carbonyl (C=O) groups excluding carboxylic acids is 1. The molecule has 6 heteroatoms. The Morgan fingerprint density at radius 2 is 1.86 bits per heavy atom. The standard InChI is InChI=1S/C23H27FN2O3/c1-25(15-17-5-8-19(24)9-6-17)23(27)16-26-11-2-4-20(26)18-7-10-21-22(14-18)29-13-3-12-28-21/h5-10,14,20H,2-4,11-13,15-16H2,1H3/t20-/m1/s1. The van der Waals surface area contributed by atoms with Crippen LogP contribution in [-0.4, -0.2) is 49.1 Å². The number of nitrogens with zero attached hydrogens (tertiary/aromatic N) is 2. The van der Waals surface area contributed by atoms with Crippen LogP contribution in [0.1, 0.15) is 36.4 Å². The average Bonchev–Trinajstić information content (AvgIpc) is 3.05. The minimum atomic E-state index is -0.266. The van der Waals surface area contributed by atoms with Crippen LogP contribution in [-0.2, 0) is 11.3 Å². The number of halogens is 1. The minimum absolute atomic E-state index is 0.0653. The molecule has 0 aromatic heterocycles. The van der Waals surface area contributed by atoms with Gasteiger partial charge in [0.15, 0.2) is 11.5 Å². The van der Waals surface area contributed by atoms with Gasteiger partial charge in [0.05, 0.1) is 19.8 Å². The summed E-state index contributed by atoms with van der Waals surface area (Å²) in [4.78, 5) is 16.7. The van der Waals surface area contributed by atoms with E-state index in [4.69, 9.17) is 9.47 Å². The maximum absolute atomic E-state index is 13.1. The molecule has 5 nitrogen and oxygen atoms in total. The van der Waals surface area contributed by atoms with Crippen LogP contribution < -0.4 is 9.47 Å². The fourth-order valence-electron chi connectivity index (χ4n) is 4.03. The van der Waals surface area contributed by atoms with E-state index in [2.05, 4.69) is 17.0 Å². The molecule has 2 aliphatic rings. The highest BCUT2D eigenvalue weighted by molar-refractivity contribution is 5.78. The first kappa shape index (κ1) is 19.7. The van der Waals surface area contributed by atoms with Crippen molar-refractivity contribution in [1.29, 1.82) is 0 Å². The lowest BCUT2D eigenvalue weighted by Crippen LogP contribution is -2.37. The summed E-state index contributed by atoms with van der Waals surface area (Å²) in [5.41, 5.74) is 2.09. The lowest BCUT2D eigenvalue weighted by atomic mass is 10.0. The van der Waals surface area contributed by atoms with E-state index < -0.39 is 0 Å². The average molecular weight is 398 g/mol. The lowest BCUT2D eigenvalue weighted by molar-refractivity contribution is -0.131. The Morgan fingerprint density at radius 3 is 2.66 bits per heavy atom. The molecule has 1 amide bonds. The molecule has 4 rings (SSSR count). The van der Waals surface area contributed by atoms with Crippen molar-refractivity contribution in [2.45, 2.75) is 31.8 Å². The maximum atomic E-state index is 13.1. The molecule has 2 aromatic carbocycles. The van der Waals surface area contributed by atoms with Gasteiger partial charge in [-0.15, -0.1) is 0 Å². The molecule has 2 aliphatic heterocycles. The summed E-state index contributed by atoms with van der Waals surface area (Å²) in [5, 5.41) is 0. The van der Waals surface area contributed by atoms with Gasteiger partial charge >= 0.3 is 0 Å². The Bertz CT molecular complexity index is 856. The van der Waals surface area contributed by atoms with Gasteiger partial charge in [-0.1, -0.05) is 18.2 Å². The molecule has 2 heterocycles. The van der Waals surface area contributed by atoms with Crippen molar-refractivity contribution in [1.82, 2.24) is 9.80 Å². The van der Waals surface area contributed by atoms with Gasteiger partial charge in [0.2, 0.25) is 5.91 Å². The molecule has 0 N–H and O–H groups in total. The molecule has 0 radical (unpaired) electrons. The summed E-state index contributed by atoms with van der Waals surface area (Å²) in [6.45, 7) is 3.09. The van der Waals surface area contributed by atoms with E-state index in [1.165, 1.54) is 17.7 Å². The number of likely N-dealkylation sites (tertiary alicyclic amines) is 1. The molecule has 29 heavy (non-hydrogen) atoms. The fourth-order valence-corrected chi connectivity index (χ4v) is 4.03. The highest BCUT2D eigenvalue weighted by Crippen LogP contribution is 2.37. The van der Waals surface area contributed by atoms with Gasteiger partial charge in [0, 0.05) is 26.1 Å². The van der Waals surface area contributed by atoms with E-state index in [1.54, 1.807) is 24.1 Å². The van der Waals surface area contributed by atoms with Crippen molar-refractivity contribution in [3.8, 4) is 11.5 Å². The summed E-state index contributed by atoms with van der Waals surface area (Å²) < 4.78 is 24.6. The second kappa shape index (κ2) is 8.82. The first-order chi connectivity index (χ1) is 14.1. The van der Waals surface area contributed by atoms with Gasteiger partial charge in [0.1, 0.15) is 5.82 Å². The summed E-state index contributed by atoms with van der Waals surface area (Å²) in [6.07, 6.45) is 2.97. The number of ether oxygens (including phenoxy) is 2. The molecule has 1 fully saturated rings. The van der Waals surface area contributed by atoms with E-state index >= 15 is 0 Å². The first-order valence-corrected chi connectivity index (χ1v) is 10.2. The van der Waals surface area contributed by atoms with Crippen LogP contribution >= 0.6 is 0 Å². The van der Waals surface area contributed by atoms with Crippen molar-refractivity contribution in [3.05, 3.63) is 59.4 Å². The third-order valence-electron chi connectivity index (χ3n) is 5.62. The number of rotatable bonds is 5. The van der Waals surface area contributed by atoms with Crippen molar-refractivity contribution >= 4 is 5.91 Å². The van der Waals surface area contributed by atoms with Crippen molar-refractivity contribution in [2.24, 2.45) is 0 Å². The molecule has 0 unspecified atom stereocenters. The fraction of sp³-hybridized carbons (Fsp3) is 0.435. The van der Waals surface area contributed by atoms with E-state index in [0.717, 1.165) is 42.9 Å². The maximum Gasteiger partial charge on any atom is 0.236 e. The summed E-state index contributed by atoms with van der Waals surface area (Å²) in [7, 11) is 1.80. The molecule has 2 aromatic rings. The summed E-state index contributed by atoms with van der Waals surface area (Å²) in [5.74, 6) is 1.39. The van der Waals surface area contributed by atoms with Crippen LogP contribution in [0.2, 0.25) is 0 Å². The van der Waals surface area contributed by atoms with Crippen LogP contribution in [0.5, 0.6) is 11.5 Å². The Morgan fingerprint density at radius 1 is 1.10 bits per heavy atom. The number of fused-ring (bicyclic) bond motifs is 1. The number of likely N-dealkylation sites (N-methyl/N-ethyl adjacent to an activating group) is 1. The highest BCUT2D eigenvalue weighted by Gasteiger charge is 2.29. The van der Waals surface area contributed by atoms with E-state index in [0.29, 0.717) is 26.3 Å². The van der Waals surface area contributed by atoms with Gasteiger partial charge in [-0.3, -0.25) is 9.69 Å². The molecule has 0 spiro atoms. The zero-order valence-corrected chi connectivity index (χ0v) is 16.8. The molecular formula is C23H27FN2O3. The number of hydrogen-bond acceptors (Lipinski definition) is 4. The zero-order valence-electron chi connectivity index (χ0n) is 16.8. The smallest absolute Gasteiger partial charge is 0.236 e. The predicted octanol–water partition coefficient (Wildman–Crippen LogP) is 3.78. The SMILES string of the molecule is CN(Cc1ccc(F)cc1)C(=O)CN1CCC[C@@H]1c1ccc2c(c1)OCCCO2. The van der Waals surface area contributed by atoms with E-state index in [9.17, 15) is 9.18 Å². The lowest BCUT2D eigenvalue weighted by Gasteiger charge is -2.27. The molecule has 154 valence electrons. The van der Waals surface area contributed by atoms with Crippen LogP contribution in [0, 0.1) is 5.82 Å². The second-order valence-electron chi connectivity index (χ2n) is 7.76. The van der Waals surface area contributed by atoms with Crippen LogP contribution in [0.3, 0.4) is 0 Å². The Kier molecular flexibility index (Phi) is 6.00. The molecular weight excluding hydrogens is 371 g/mol. The van der Waals surface area contributed by atoms with Gasteiger partial charge in [0.25, 0.3) is 0 Å². The number of hydrogen-bond donors (Lipinski definition) is 0. The molecule has 1 saturated heterocycles. The Hall–Kier alpha value is -2.60. The third kappa shape index (κ3) is 4.70. The van der Waals surface area contributed by atoms with Gasteiger partial charge < -0.3 is 14.4 Å². The van der Waals surface area contributed by atoms with Gasteiger partial charge in [-0.05, 0) is 54.8 Å². The van der Waals surface area contributed by atoms with Crippen molar-refractivity contribution in [3.63, 3.8) is 0 Å². The largest absolute Gasteiger partial charge is 0.490 e. The van der Waals surface area contributed by atoms with Crippen molar-refractivity contribution < 1.29 is 18.7 Å². The number of carbonyl (C=O) groups is 1. The highest BCUT2D eigenvalue weighted by atomic mass is 19.1. The van der Waals surface area contributed by atoms with Gasteiger partial charge in [-0.2, -0.15) is 0 Å². The van der Waals surface area contributed by atoms with Gasteiger partial charge in [-0.25, -0.2) is 4.39 Å². The number of benzene rings is 2. The third-order valence-corrected chi connectivity index (χ3v) is 5.62. The zero-order chi connectivity index (χ0) is 20.2. The second-order valence-corrected chi connectivity index (χ2v) is 7.76. The molecule has 0 saturated carbocycles. The predicted molar refractivity (Wildman–Crippen MR) is 108 cm³/mol. The summed E-state index contributed by atoms with van der Waals surface area (Å²) in [6, 6.07) is 12.6. The summed E-state index contributed by atoms with van der Waals surface area (Å²) >= 11 is 0. The topological polar surface area (TPSA) is 42.0 Å². The monoisotopic (exact) mass is 398 g/mol. The Balaban J connectivity index is 1.41. The number of amides is 1. The van der Waals surface area contributed by atoms with Crippen LogP contribution in [0.25, 0.3) is 0 Å². The van der Waals surface area contributed by atoms with Crippen molar-refractivity contribution in [2.75, 3.05) is 33.4 Å². The van der Waals surface area contributed by atoms with Crippen LogP contribution in [0.15, 0.2) is 42.5 Å². The van der Waals surface area contributed by atoms with E-state index in [-0.39, 0.29) is 17.8 Å². The molecule has 0 aliphatic carbocycles. The normalized spacial score (nSPS) is 19.0. The van der Waals surface area contributed by atoms with Crippen LogP contribution in [0.4, 0.5) is 4.39 Å². The van der Waals surface area contributed by atoms with E-state index in [1.807, 2.05) is 6.07 Å². The molecule has 1 atom stereocenters. The quantitative estimate of drug-likeness (QED) is 0.769. The molecule has 0 bridgehead atoms. The Labute approximate surface area is 171 Å².